The number of hydrogen-bond acceptors (Lipinski definition) is 5. The molecule has 2 N–H and O–H groups in total. The molecule has 0 aromatic heterocycles. The van der Waals surface area contributed by atoms with E-state index in [1.54, 1.807) is 0 Å². The normalized spacial score (nSPS) is 25.4. The number of carbonyl (C=O) groups excluding carboxylic acids is 1. The quantitative estimate of drug-likeness (QED) is 0.283. The second-order valence-electron chi connectivity index (χ2n) is 13.8. The molecular weight excluding hydrogens is 579 g/mol. The monoisotopic (exact) mass is 628 g/mol. The molecule has 3 aliphatic rings. The third-order valence-electron chi connectivity index (χ3n) is 9.52. The predicted octanol–water partition coefficient (Wildman–Crippen LogP) is 7.66. The van der Waals surface area contributed by atoms with E-state index < -0.39 is 5.60 Å². The maximum atomic E-state index is 13.0. The van der Waals surface area contributed by atoms with E-state index in [4.69, 9.17) is 27.9 Å². The highest BCUT2D eigenvalue weighted by molar-refractivity contribution is 6.31. The summed E-state index contributed by atoms with van der Waals surface area (Å²) in [4.78, 5) is 17.7. The third kappa shape index (κ3) is 8.88. The van der Waals surface area contributed by atoms with Crippen LogP contribution >= 0.6 is 23.2 Å². The number of nitrogens with zero attached hydrogens (tertiary/aromatic N) is 2. The van der Waals surface area contributed by atoms with Crippen molar-refractivity contribution in [1.29, 1.82) is 0 Å². The minimum atomic E-state index is -0.478. The number of fused-ring (bicyclic) bond motifs is 1. The molecule has 2 aromatic rings. The van der Waals surface area contributed by atoms with Gasteiger partial charge in [0.25, 0.3) is 0 Å². The van der Waals surface area contributed by atoms with E-state index in [0.717, 1.165) is 80.4 Å². The molecular formula is C35H50Cl2N4O2. The summed E-state index contributed by atoms with van der Waals surface area (Å²) in [5.41, 5.74) is 1.87. The van der Waals surface area contributed by atoms with Crippen molar-refractivity contribution in [2.75, 3.05) is 19.6 Å². The number of rotatable bonds is 10. The van der Waals surface area contributed by atoms with Crippen LogP contribution in [-0.4, -0.2) is 65.3 Å². The van der Waals surface area contributed by atoms with Crippen molar-refractivity contribution in [2.45, 2.75) is 115 Å². The summed E-state index contributed by atoms with van der Waals surface area (Å²) in [7, 11) is 0. The first-order chi connectivity index (χ1) is 20.7. The Hall–Kier alpha value is -1.83. The molecule has 0 radical (unpaired) electrons. The van der Waals surface area contributed by atoms with Crippen molar-refractivity contribution >= 4 is 29.3 Å². The van der Waals surface area contributed by atoms with Crippen LogP contribution in [0.3, 0.4) is 0 Å². The van der Waals surface area contributed by atoms with Crippen LogP contribution in [0.25, 0.3) is 0 Å². The minimum Gasteiger partial charge on any atom is -0.444 e. The maximum absolute atomic E-state index is 13.0. The Bertz CT molecular complexity index is 1200. The SMILES string of the molecule is CC(C)(C)OC(=O)N1CCC[C@@H]1CCC(CNCc1ccccc1Cl)C1CC2C(CCCCN2Cc2ccccc2Cl)N1. The first-order valence-corrected chi connectivity index (χ1v) is 17.1. The molecule has 5 rings (SSSR count). The third-order valence-corrected chi connectivity index (χ3v) is 10.3. The molecule has 4 unspecified atom stereocenters. The molecule has 5 atom stereocenters. The van der Waals surface area contributed by atoms with Crippen LogP contribution in [0.5, 0.6) is 0 Å². The lowest BCUT2D eigenvalue weighted by Crippen LogP contribution is -2.43. The average molecular weight is 630 g/mol. The fourth-order valence-electron chi connectivity index (χ4n) is 7.36. The first-order valence-electron chi connectivity index (χ1n) is 16.3. The van der Waals surface area contributed by atoms with E-state index in [1.165, 1.54) is 24.8 Å². The predicted molar refractivity (Wildman–Crippen MR) is 177 cm³/mol. The van der Waals surface area contributed by atoms with Crippen LogP contribution in [0.15, 0.2) is 48.5 Å². The molecule has 8 heteroatoms. The van der Waals surface area contributed by atoms with Gasteiger partial charge in [0, 0.05) is 53.8 Å². The zero-order chi connectivity index (χ0) is 30.4. The molecule has 6 nitrogen and oxygen atoms in total. The lowest BCUT2D eigenvalue weighted by atomic mass is 9.89. The Labute approximate surface area is 268 Å². The summed E-state index contributed by atoms with van der Waals surface area (Å²) >= 11 is 13.1. The Morgan fingerprint density at radius 1 is 1.00 bits per heavy atom. The van der Waals surface area contributed by atoms with Gasteiger partial charge in [-0.25, -0.2) is 4.79 Å². The molecule has 3 heterocycles. The van der Waals surface area contributed by atoms with Crippen molar-refractivity contribution in [2.24, 2.45) is 5.92 Å². The molecule has 0 bridgehead atoms. The zero-order valence-electron chi connectivity index (χ0n) is 26.2. The number of amides is 1. The lowest BCUT2D eigenvalue weighted by molar-refractivity contribution is 0.0215. The van der Waals surface area contributed by atoms with E-state index in [9.17, 15) is 4.79 Å². The molecule has 0 aliphatic carbocycles. The number of nitrogens with one attached hydrogen (secondary N) is 2. The summed E-state index contributed by atoms with van der Waals surface area (Å²) in [5, 5.41) is 9.54. The molecule has 3 saturated heterocycles. The van der Waals surface area contributed by atoms with E-state index in [2.05, 4.69) is 33.7 Å². The highest BCUT2D eigenvalue weighted by Crippen LogP contribution is 2.34. The van der Waals surface area contributed by atoms with Crippen LogP contribution in [0.4, 0.5) is 4.79 Å². The van der Waals surface area contributed by atoms with E-state index in [0.29, 0.717) is 24.0 Å². The lowest BCUT2D eigenvalue weighted by Gasteiger charge is -2.31. The van der Waals surface area contributed by atoms with Gasteiger partial charge in [-0.3, -0.25) is 4.90 Å². The Morgan fingerprint density at radius 2 is 1.72 bits per heavy atom. The maximum Gasteiger partial charge on any atom is 0.410 e. The summed E-state index contributed by atoms with van der Waals surface area (Å²) in [6.45, 7) is 10.3. The Balaban J connectivity index is 1.27. The highest BCUT2D eigenvalue weighted by atomic mass is 35.5. The second kappa shape index (κ2) is 15.0. The average Bonchev–Trinajstić information content (AvgIpc) is 3.57. The zero-order valence-corrected chi connectivity index (χ0v) is 27.7. The van der Waals surface area contributed by atoms with E-state index in [1.807, 2.05) is 56.0 Å². The van der Waals surface area contributed by atoms with Gasteiger partial charge >= 0.3 is 6.09 Å². The van der Waals surface area contributed by atoms with Crippen molar-refractivity contribution < 1.29 is 9.53 Å². The summed E-state index contributed by atoms with van der Waals surface area (Å²) in [6, 6.07) is 18.0. The number of hydrogen-bond donors (Lipinski definition) is 2. The van der Waals surface area contributed by atoms with Crippen LogP contribution in [0, 0.1) is 5.92 Å². The molecule has 0 saturated carbocycles. The highest BCUT2D eigenvalue weighted by Gasteiger charge is 2.41. The first kappa shape index (κ1) is 32.6. The topological polar surface area (TPSA) is 56.8 Å². The van der Waals surface area contributed by atoms with Crippen molar-refractivity contribution in [3.8, 4) is 0 Å². The van der Waals surface area contributed by atoms with Gasteiger partial charge < -0.3 is 20.3 Å². The Kier molecular flexibility index (Phi) is 11.3. The van der Waals surface area contributed by atoms with Crippen LogP contribution in [0.1, 0.15) is 83.3 Å². The number of carbonyl (C=O) groups is 1. The second-order valence-corrected chi connectivity index (χ2v) is 14.6. The van der Waals surface area contributed by atoms with E-state index in [-0.39, 0.29) is 12.1 Å². The minimum absolute atomic E-state index is 0.167. The molecule has 236 valence electrons. The van der Waals surface area contributed by atoms with Crippen molar-refractivity contribution in [1.82, 2.24) is 20.4 Å². The smallest absolute Gasteiger partial charge is 0.410 e. The van der Waals surface area contributed by atoms with Gasteiger partial charge in [0.05, 0.1) is 0 Å². The largest absolute Gasteiger partial charge is 0.444 e. The van der Waals surface area contributed by atoms with Crippen LogP contribution in [-0.2, 0) is 17.8 Å². The summed E-state index contributed by atoms with van der Waals surface area (Å²) in [5.74, 6) is 0.442. The van der Waals surface area contributed by atoms with Gasteiger partial charge in [-0.05, 0) is 108 Å². The molecule has 43 heavy (non-hydrogen) atoms. The standard InChI is InChI=1S/C35H50Cl2N4O2/c1-35(2,3)43-34(42)41-20-10-13-28(41)18-17-26(23-38-22-25-11-4-6-14-29(25)36)32-21-33-31(39-32)16-8-9-19-40(33)24-27-12-5-7-15-30(27)37/h4-7,11-12,14-15,26,28,31-33,38-39H,8-10,13,16-24H2,1-3H3/t26?,28-,31?,32?,33?/m1/s1. The molecule has 2 aromatic carbocycles. The van der Waals surface area contributed by atoms with Gasteiger partial charge in [-0.1, -0.05) is 66.0 Å². The molecule has 3 fully saturated rings. The van der Waals surface area contributed by atoms with Gasteiger partial charge in [-0.15, -0.1) is 0 Å². The van der Waals surface area contributed by atoms with Gasteiger partial charge in [-0.2, -0.15) is 0 Å². The number of benzene rings is 2. The van der Waals surface area contributed by atoms with Crippen LogP contribution in [0.2, 0.25) is 10.0 Å². The molecule has 3 aliphatic heterocycles. The van der Waals surface area contributed by atoms with Gasteiger partial charge in [0.2, 0.25) is 0 Å². The molecule has 0 spiro atoms. The van der Waals surface area contributed by atoms with Gasteiger partial charge in [0.1, 0.15) is 5.60 Å². The van der Waals surface area contributed by atoms with Crippen LogP contribution < -0.4 is 10.6 Å². The van der Waals surface area contributed by atoms with Gasteiger partial charge in [0.15, 0.2) is 0 Å². The fraction of sp³-hybridized carbons (Fsp3) is 0.629. The summed E-state index contributed by atoms with van der Waals surface area (Å²) < 4.78 is 5.76. The number of likely N-dealkylation sites (tertiary alicyclic amines) is 2. The fourth-order valence-corrected chi connectivity index (χ4v) is 7.75. The van der Waals surface area contributed by atoms with Crippen molar-refractivity contribution in [3.63, 3.8) is 0 Å². The van der Waals surface area contributed by atoms with E-state index >= 15 is 0 Å². The summed E-state index contributed by atoms with van der Waals surface area (Å²) in [6.07, 6.45) is 8.81. The molecule has 1 amide bonds. The Morgan fingerprint density at radius 3 is 2.44 bits per heavy atom. The number of ether oxygens (including phenoxy) is 1. The number of halogens is 2. The van der Waals surface area contributed by atoms with Crippen molar-refractivity contribution in [3.05, 3.63) is 69.7 Å².